The van der Waals surface area contributed by atoms with Gasteiger partial charge >= 0.3 is 7.60 Å². The van der Waals surface area contributed by atoms with Crippen LogP contribution in [-0.4, -0.2) is 40.6 Å². The Balaban J connectivity index is 4.04. The fraction of sp³-hybridized carbons (Fsp3) is 0.667. The fourth-order valence-corrected chi connectivity index (χ4v) is 1.32. The minimum absolute atomic E-state index is 0.0281. The van der Waals surface area contributed by atoms with Crippen molar-refractivity contribution in [3.05, 3.63) is 0 Å². The summed E-state index contributed by atoms with van der Waals surface area (Å²) in [6.45, 7) is -0.0281. The predicted octanol–water partition coefficient (Wildman–Crippen LogP) is -2.84. The number of nitrogens with zero attached hydrogens (tertiary/aromatic N) is 1. The number of nitrogens with one attached hydrogen (secondary N) is 1. The maximum atomic E-state index is 10.9. The molecule has 0 radical (unpaired) electrons. The maximum absolute atomic E-state index is 10.9. The Labute approximate surface area is 97.3 Å². The summed E-state index contributed by atoms with van der Waals surface area (Å²) in [5.74, 6) is -1.03. The molecule has 10 nitrogen and oxygen atoms in total. The van der Waals surface area contributed by atoms with Crippen molar-refractivity contribution in [2.45, 2.75) is 12.5 Å². The number of hydrogen-bond donors (Lipinski definition) is 6. The Bertz CT molecular complexity index is 325. The summed E-state index contributed by atoms with van der Waals surface area (Å²) in [5, 5.41) is 5.52. The first kappa shape index (κ1) is 15.7. The van der Waals surface area contributed by atoms with Crippen LogP contribution >= 0.6 is 7.60 Å². The van der Waals surface area contributed by atoms with Crippen molar-refractivity contribution in [1.82, 2.24) is 5.32 Å². The molecular weight excluding hydrogens is 253 g/mol. The average molecular weight is 269 g/mol. The Morgan fingerprint density at radius 1 is 1.41 bits per heavy atom. The summed E-state index contributed by atoms with van der Waals surface area (Å²) in [7, 11) is -4.24. The molecule has 0 aromatic heterocycles. The molecule has 0 aromatic rings. The van der Waals surface area contributed by atoms with Gasteiger partial charge in [-0.05, 0) is 5.16 Å². The molecule has 0 aromatic carbocycles. The maximum Gasteiger partial charge on any atom is 0.339 e. The molecule has 0 aliphatic carbocycles. The molecule has 17 heavy (non-hydrogen) atoms. The van der Waals surface area contributed by atoms with Crippen LogP contribution in [0.5, 0.6) is 0 Å². The highest BCUT2D eigenvalue weighted by Gasteiger charge is 2.20. The van der Waals surface area contributed by atoms with Crippen LogP contribution in [0.25, 0.3) is 0 Å². The molecule has 0 aliphatic rings. The molecule has 0 fully saturated rings. The second-order valence-electron chi connectivity index (χ2n) is 3.12. The molecule has 0 aliphatic heterocycles. The van der Waals surface area contributed by atoms with Gasteiger partial charge in [0.05, 0.1) is 12.3 Å². The number of primary amides is 1. The van der Waals surface area contributed by atoms with Gasteiger partial charge in [-0.25, -0.2) is 0 Å². The molecular formula is C6H16N5O5P. The average Bonchev–Trinajstić information content (AvgIpc) is 2.13. The van der Waals surface area contributed by atoms with Gasteiger partial charge in [0.25, 0.3) is 0 Å². The first-order chi connectivity index (χ1) is 7.72. The van der Waals surface area contributed by atoms with Crippen LogP contribution in [0.2, 0.25) is 0 Å². The zero-order chi connectivity index (χ0) is 13.5. The minimum Gasteiger partial charge on any atom is -0.393 e. The van der Waals surface area contributed by atoms with E-state index in [2.05, 4.69) is 15.3 Å². The van der Waals surface area contributed by atoms with Crippen molar-refractivity contribution >= 4 is 19.5 Å². The summed E-state index contributed by atoms with van der Waals surface area (Å²) >= 11 is 0. The van der Waals surface area contributed by atoms with Crippen LogP contribution in [-0.2, 0) is 14.2 Å². The van der Waals surface area contributed by atoms with Crippen LogP contribution < -0.4 is 22.5 Å². The Kier molecular flexibility index (Phi) is 6.51. The quantitative estimate of drug-likeness (QED) is 0.0893. The van der Waals surface area contributed by atoms with Crippen molar-refractivity contribution < 1.29 is 24.0 Å². The monoisotopic (exact) mass is 269 g/mol. The normalized spacial score (nSPS) is 12.8. The number of carbonyl (C=O) groups is 1. The topological polar surface area (TPSA) is 186 Å². The van der Waals surface area contributed by atoms with Crippen molar-refractivity contribution in [3.63, 3.8) is 0 Å². The van der Waals surface area contributed by atoms with Crippen molar-refractivity contribution in [1.29, 1.82) is 0 Å². The molecule has 100 valence electrons. The van der Waals surface area contributed by atoms with E-state index in [9.17, 15) is 9.36 Å². The largest absolute Gasteiger partial charge is 0.393 e. The van der Waals surface area contributed by atoms with Crippen LogP contribution in [0.15, 0.2) is 5.16 Å². The van der Waals surface area contributed by atoms with Crippen LogP contribution in [0.4, 0.5) is 0 Å². The molecule has 0 unspecified atom stereocenters. The van der Waals surface area contributed by atoms with E-state index >= 15 is 0 Å². The summed E-state index contributed by atoms with van der Waals surface area (Å²) < 4.78 is 10.6. The number of guanidine groups is 1. The molecule has 0 saturated heterocycles. The molecule has 0 bridgehead atoms. The lowest BCUT2D eigenvalue weighted by molar-refractivity contribution is -0.120. The summed E-state index contributed by atoms with van der Waals surface area (Å²) in [6, 6.07) is -0.933. The summed E-state index contributed by atoms with van der Waals surface area (Å²) in [6.07, 6.45) is -0.574. The van der Waals surface area contributed by atoms with E-state index in [1.54, 1.807) is 0 Å². The van der Waals surface area contributed by atoms with Crippen LogP contribution in [0, 0.1) is 0 Å². The number of nitrogens with two attached hydrogens (primary N) is 3. The standard InChI is InChI=1S/C6H16N5O5P/c7-5(12)4(10-3-17(13,14)15)1-2-16-11-6(8)9/h4,10H,1-3H2,(H2,7,12)(H4,8,9,11)(H2,13,14,15)/t4-/m0/s1. The lowest BCUT2D eigenvalue weighted by atomic mass is 10.2. The van der Waals surface area contributed by atoms with Gasteiger partial charge in [0, 0.05) is 6.42 Å². The third-order valence-electron chi connectivity index (χ3n) is 1.55. The van der Waals surface area contributed by atoms with E-state index in [0.717, 1.165) is 0 Å². The summed E-state index contributed by atoms with van der Waals surface area (Å²) in [5.41, 5.74) is 15.0. The smallest absolute Gasteiger partial charge is 0.339 e. The van der Waals surface area contributed by atoms with Gasteiger partial charge < -0.3 is 31.8 Å². The highest BCUT2D eigenvalue weighted by molar-refractivity contribution is 7.51. The lowest BCUT2D eigenvalue weighted by Crippen LogP contribution is -2.42. The minimum atomic E-state index is -4.24. The van der Waals surface area contributed by atoms with Crippen LogP contribution in [0.3, 0.4) is 0 Å². The molecule has 0 heterocycles. The molecule has 11 heteroatoms. The molecule has 0 rings (SSSR count). The summed E-state index contributed by atoms with van der Waals surface area (Å²) in [4.78, 5) is 32.7. The zero-order valence-corrected chi connectivity index (χ0v) is 9.84. The lowest BCUT2D eigenvalue weighted by Gasteiger charge is -2.14. The van der Waals surface area contributed by atoms with E-state index < -0.39 is 25.8 Å². The first-order valence-corrected chi connectivity index (χ1v) is 6.30. The highest BCUT2D eigenvalue weighted by Crippen LogP contribution is 2.32. The van der Waals surface area contributed by atoms with E-state index in [1.807, 2.05) is 0 Å². The number of amides is 1. The fourth-order valence-electron chi connectivity index (χ4n) is 0.865. The predicted molar refractivity (Wildman–Crippen MR) is 59.4 cm³/mol. The Morgan fingerprint density at radius 2 is 2.00 bits per heavy atom. The molecule has 0 spiro atoms. The molecule has 1 atom stereocenters. The van der Waals surface area contributed by atoms with Crippen molar-refractivity contribution in [2.75, 3.05) is 12.9 Å². The van der Waals surface area contributed by atoms with Gasteiger partial charge in [-0.1, -0.05) is 0 Å². The van der Waals surface area contributed by atoms with Crippen LogP contribution in [0.1, 0.15) is 6.42 Å². The third kappa shape index (κ3) is 9.57. The number of oxime groups is 1. The van der Waals surface area contributed by atoms with E-state index in [0.29, 0.717) is 0 Å². The second-order valence-corrected chi connectivity index (χ2v) is 4.77. The Morgan fingerprint density at radius 3 is 2.41 bits per heavy atom. The number of carbonyl (C=O) groups excluding carboxylic acids is 1. The van der Waals surface area contributed by atoms with Crippen molar-refractivity contribution in [3.8, 4) is 0 Å². The van der Waals surface area contributed by atoms with Crippen molar-refractivity contribution in [2.24, 2.45) is 22.4 Å². The van der Waals surface area contributed by atoms with Gasteiger partial charge in [0.1, 0.15) is 6.61 Å². The number of rotatable bonds is 8. The molecule has 0 saturated carbocycles. The first-order valence-electron chi connectivity index (χ1n) is 4.50. The second kappa shape index (κ2) is 7.07. The van der Waals surface area contributed by atoms with Gasteiger partial charge in [0.15, 0.2) is 0 Å². The third-order valence-corrected chi connectivity index (χ3v) is 2.15. The van der Waals surface area contributed by atoms with E-state index in [4.69, 9.17) is 27.0 Å². The van der Waals surface area contributed by atoms with E-state index in [1.165, 1.54) is 0 Å². The van der Waals surface area contributed by atoms with Gasteiger partial charge in [-0.2, -0.15) is 0 Å². The Hall–Kier alpha value is -1.35. The SMILES string of the molecule is NC(=O)[C@H](CCON=C(N)N)NCP(=O)(O)O. The highest BCUT2D eigenvalue weighted by atomic mass is 31.2. The molecule has 9 N–H and O–H groups in total. The van der Waals surface area contributed by atoms with Gasteiger partial charge in [-0.15, -0.1) is 0 Å². The van der Waals surface area contributed by atoms with Gasteiger partial charge in [0.2, 0.25) is 11.9 Å². The van der Waals surface area contributed by atoms with Gasteiger partial charge in [-0.3, -0.25) is 14.7 Å². The molecule has 1 amide bonds. The zero-order valence-electron chi connectivity index (χ0n) is 8.94. The number of hydrogen-bond acceptors (Lipinski definition) is 5. The van der Waals surface area contributed by atoms with E-state index in [-0.39, 0.29) is 19.0 Å².